The minimum Gasteiger partial charge on any atom is -0.257 e. The van der Waals surface area contributed by atoms with Gasteiger partial charge < -0.3 is 0 Å². The third kappa shape index (κ3) is 3.05. The van der Waals surface area contributed by atoms with Gasteiger partial charge in [-0.1, -0.05) is 47.6 Å². The van der Waals surface area contributed by atoms with Crippen molar-refractivity contribution in [3.63, 3.8) is 0 Å². The molecule has 1 atom stereocenters. The Morgan fingerprint density at radius 3 is 2.13 bits per heavy atom. The maximum absolute atomic E-state index is 4.77. The van der Waals surface area contributed by atoms with Gasteiger partial charge in [-0.2, -0.15) is 0 Å². The first-order chi connectivity index (χ1) is 6.82. The molecule has 15 heavy (non-hydrogen) atoms. The van der Waals surface area contributed by atoms with E-state index in [-0.39, 0.29) is 5.41 Å². The Morgan fingerprint density at radius 2 is 1.67 bits per heavy atom. The monoisotopic (exact) mass is 205 g/mol. The summed E-state index contributed by atoms with van der Waals surface area (Å²) >= 11 is 0. The summed E-state index contributed by atoms with van der Waals surface area (Å²) in [5, 5.41) is 0. The molecule has 0 aromatic carbocycles. The average molecular weight is 205 g/mol. The normalized spacial score (nSPS) is 14.3. The molecule has 0 aliphatic carbocycles. The van der Waals surface area contributed by atoms with Crippen LogP contribution in [0.3, 0.4) is 0 Å². The van der Waals surface area contributed by atoms with Gasteiger partial charge in [-0.05, 0) is 18.1 Å². The van der Waals surface area contributed by atoms with E-state index in [1.54, 1.807) is 0 Å². The van der Waals surface area contributed by atoms with E-state index in [2.05, 4.69) is 59.7 Å². The number of aromatic nitrogens is 1. The van der Waals surface area contributed by atoms with Crippen molar-refractivity contribution in [2.75, 3.05) is 0 Å². The Bertz CT molecular complexity index is 320. The number of nitrogens with zero attached hydrogens (tertiary/aromatic N) is 1. The van der Waals surface area contributed by atoms with E-state index in [1.165, 1.54) is 11.4 Å². The second-order valence-corrected chi connectivity index (χ2v) is 5.73. The predicted octanol–water partition coefficient (Wildman–Crippen LogP) is 4.14. The molecule has 0 aliphatic heterocycles. The van der Waals surface area contributed by atoms with Crippen LogP contribution in [-0.4, -0.2) is 4.98 Å². The van der Waals surface area contributed by atoms with Crippen LogP contribution < -0.4 is 0 Å². The van der Waals surface area contributed by atoms with Gasteiger partial charge in [0.15, 0.2) is 0 Å². The predicted molar refractivity (Wildman–Crippen MR) is 66.2 cm³/mol. The molecule has 1 heteroatoms. The van der Waals surface area contributed by atoms with Gasteiger partial charge in [0.1, 0.15) is 0 Å². The van der Waals surface area contributed by atoms with E-state index in [1.807, 2.05) is 0 Å². The van der Waals surface area contributed by atoms with Crippen molar-refractivity contribution in [1.82, 2.24) is 4.98 Å². The summed E-state index contributed by atoms with van der Waals surface area (Å²) in [6, 6.07) is 6.39. The smallest absolute Gasteiger partial charge is 0.0460 e. The van der Waals surface area contributed by atoms with E-state index in [0.717, 1.165) is 0 Å². The Balaban J connectivity index is 3.03. The fourth-order valence-electron chi connectivity index (χ4n) is 1.46. The largest absolute Gasteiger partial charge is 0.257 e. The van der Waals surface area contributed by atoms with Crippen molar-refractivity contribution in [2.45, 2.75) is 52.9 Å². The van der Waals surface area contributed by atoms with Crippen LogP contribution in [-0.2, 0) is 5.41 Å². The van der Waals surface area contributed by atoms with E-state index < -0.39 is 0 Å². The van der Waals surface area contributed by atoms with Crippen molar-refractivity contribution in [2.24, 2.45) is 5.92 Å². The van der Waals surface area contributed by atoms with Crippen LogP contribution >= 0.6 is 0 Å². The van der Waals surface area contributed by atoms with Crippen LogP contribution in [0.4, 0.5) is 0 Å². The highest BCUT2D eigenvalue weighted by Gasteiger charge is 2.18. The number of pyridine rings is 1. The molecular formula is C14H23N. The van der Waals surface area contributed by atoms with Crippen molar-refractivity contribution in [1.29, 1.82) is 0 Å². The summed E-state index contributed by atoms with van der Waals surface area (Å²) in [5.41, 5.74) is 2.55. The van der Waals surface area contributed by atoms with E-state index in [0.29, 0.717) is 11.8 Å². The van der Waals surface area contributed by atoms with Gasteiger partial charge in [0.05, 0.1) is 0 Å². The fraction of sp³-hybridized carbons (Fsp3) is 0.643. The zero-order chi connectivity index (χ0) is 11.6. The van der Waals surface area contributed by atoms with Crippen LogP contribution in [0.25, 0.3) is 0 Å². The Labute approximate surface area is 93.9 Å². The molecule has 0 aliphatic rings. The number of hydrogen-bond donors (Lipinski definition) is 0. The van der Waals surface area contributed by atoms with Gasteiger partial charge in [0.25, 0.3) is 0 Å². The first-order valence-electron chi connectivity index (χ1n) is 5.80. The molecule has 0 fully saturated rings. The van der Waals surface area contributed by atoms with Crippen molar-refractivity contribution >= 4 is 0 Å². The van der Waals surface area contributed by atoms with E-state index >= 15 is 0 Å². The Kier molecular flexibility index (Phi) is 3.54. The summed E-state index contributed by atoms with van der Waals surface area (Å²) in [7, 11) is 0. The van der Waals surface area contributed by atoms with Crippen LogP contribution in [0.5, 0.6) is 0 Å². The lowest BCUT2D eigenvalue weighted by molar-refractivity contribution is 0.509. The maximum Gasteiger partial charge on any atom is 0.0460 e. The van der Waals surface area contributed by atoms with Crippen LogP contribution in [0, 0.1) is 5.92 Å². The lowest BCUT2D eigenvalue weighted by Crippen LogP contribution is -2.15. The summed E-state index contributed by atoms with van der Waals surface area (Å²) in [6.07, 6.45) is 0. The molecule has 0 radical (unpaired) electrons. The molecule has 1 heterocycles. The molecule has 0 saturated heterocycles. The molecule has 1 rings (SSSR count). The maximum atomic E-state index is 4.77. The Hall–Kier alpha value is -0.850. The van der Waals surface area contributed by atoms with Crippen molar-refractivity contribution < 1.29 is 0 Å². The molecule has 0 bridgehead atoms. The third-order valence-electron chi connectivity index (χ3n) is 3.01. The van der Waals surface area contributed by atoms with Crippen molar-refractivity contribution in [3.05, 3.63) is 29.6 Å². The second-order valence-electron chi connectivity index (χ2n) is 5.73. The SMILES string of the molecule is CC(C)C(C)c1cccc(C(C)(C)C)n1. The third-order valence-corrected chi connectivity index (χ3v) is 3.01. The van der Waals surface area contributed by atoms with E-state index in [9.17, 15) is 0 Å². The lowest BCUT2D eigenvalue weighted by Gasteiger charge is -2.21. The first kappa shape index (κ1) is 12.2. The van der Waals surface area contributed by atoms with Crippen LogP contribution in [0.15, 0.2) is 18.2 Å². The highest BCUT2D eigenvalue weighted by Crippen LogP contribution is 2.25. The summed E-state index contributed by atoms with van der Waals surface area (Å²) in [5.74, 6) is 1.18. The molecule has 1 aromatic heterocycles. The number of rotatable bonds is 2. The average Bonchev–Trinajstić information content (AvgIpc) is 2.15. The summed E-state index contributed by atoms with van der Waals surface area (Å²) in [4.78, 5) is 4.77. The van der Waals surface area contributed by atoms with E-state index in [4.69, 9.17) is 4.98 Å². The topological polar surface area (TPSA) is 12.9 Å². The van der Waals surface area contributed by atoms with Gasteiger partial charge in [0.2, 0.25) is 0 Å². The minimum absolute atomic E-state index is 0.146. The lowest BCUT2D eigenvalue weighted by atomic mass is 9.89. The fourth-order valence-corrected chi connectivity index (χ4v) is 1.46. The van der Waals surface area contributed by atoms with Crippen LogP contribution in [0.1, 0.15) is 58.8 Å². The Morgan fingerprint density at radius 1 is 1.07 bits per heavy atom. The van der Waals surface area contributed by atoms with Gasteiger partial charge in [0, 0.05) is 22.7 Å². The van der Waals surface area contributed by atoms with Gasteiger partial charge in [-0.3, -0.25) is 4.98 Å². The summed E-state index contributed by atoms with van der Waals surface area (Å²) in [6.45, 7) is 13.4. The second kappa shape index (κ2) is 4.34. The van der Waals surface area contributed by atoms with Crippen molar-refractivity contribution in [3.8, 4) is 0 Å². The zero-order valence-electron chi connectivity index (χ0n) is 10.8. The molecular weight excluding hydrogens is 182 g/mol. The molecule has 1 aromatic rings. The van der Waals surface area contributed by atoms with Gasteiger partial charge in [-0.15, -0.1) is 0 Å². The molecule has 1 nitrogen and oxygen atoms in total. The molecule has 0 saturated carbocycles. The molecule has 0 spiro atoms. The molecule has 0 N–H and O–H groups in total. The van der Waals surface area contributed by atoms with Gasteiger partial charge >= 0.3 is 0 Å². The molecule has 0 amide bonds. The number of hydrogen-bond acceptors (Lipinski definition) is 1. The van der Waals surface area contributed by atoms with Crippen LogP contribution in [0.2, 0.25) is 0 Å². The molecule has 84 valence electrons. The first-order valence-corrected chi connectivity index (χ1v) is 5.80. The standard InChI is InChI=1S/C14H23N/c1-10(2)11(3)12-8-7-9-13(15-12)14(4,5)6/h7-11H,1-6H3. The highest BCUT2D eigenvalue weighted by molar-refractivity contribution is 5.19. The summed E-state index contributed by atoms with van der Waals surface area (Å²) < 4.78 is 0. The quantitative estimate of drug-likeness (QED) is 0.707. The minimum atomic E-state index is 0.146. The zero-order valence-corrected chi connectivity index (χ0v) is 10.8. The molecule has 1 unspecified atom stereocenters. The highest BCUT2D eigenvalue weighted by atomic mass is 14.7. The van der Waals surface area contributed by atoms with Gasteiger partial charge in [-0.25, -0.2) is 0 Å².